The van der Waals surface area contributed by atoms with Crippen molar-refractivity contribution in [1.29, 1.82) is 0 Å². The van der Waals surface area contributed by atoms with E-state index in [0.29, 0.717) is 6.42 Å². The van der Waals surface area contributed by atoms with E-state index in [4.69, 9.17) is 5.11 Å². The molecule has 1 heterocycles. The van der Waals surface area contributed by atoms with Crippen LogP contribution in [0.25, 0.3) is 0 Å². The van der Waals surface area contributed by atoms with Gasteiger partial charge < -0.3 is 10.4 Å². The number of amides is 1. The molecule has 1 aromatic carbocycles. The monoisotopic (exact) mass is 322 g/mol. The highest BCUT2D eigenvalue weighted by Gasteiger charge is 2.04. The van der Waals surface area contributed by atoms with E-state index >= 15 is 0 Å². The van der Waals surface area contributed by atoms with E-state index < -0.39 is 0 Å². The minimum atomic E-state index is 0.00806. The largest absolute Gasteiger partial charge is 0.392 e. The molecular weight excluding hydrogens is 304 g/mol. The Kier molecular flexibility index (Phi) is 6.22. The number of carbonyl (C=O) groups excluding carboxylic acids is 1. The van der Waals surface area contributed by atoms with Gasteiger partial charge in [0.1, 0.15) is 0 Å². The Balaban J connectivity index is 1.67. The second-order valence-electron chi connectivity index (χ2n) is 4.56. The minimum Gasteiger partial charge on any atom is -0.392 e. The lowest BCUT2D eigenvalue weighted by Crippen LogP contribution is -2.12. The summed E-state index contributed by atoms with van der Waals surface area (Å²) in [6.07, 6.45) is 0.482. The van der Waals surface area contributed by atoms with Gasteiger partial charge in [-0.3, -0.25) is 4.79 Å². The van der Waals surface area contributed by atoms with Gasteiger partial charge in [0.05, 0.1) is 17.3 Å². The van der Waals surface area contributed by atoms with Gasteiger partial charge >= 0.3 is 0 Å². The molecule has 112 valence electrons. The number of rotatable bonds is 7. The second-order valence-corrected chi connectivity index (χ2v) is 6.73. The van der Waals surface area contributed by atoms with Crippen LogP contribution in [0, 0.1) is 6.92 Å². The zero-order valence-corrected chi connectivity index (χ0v) is 13.5. The van der Waals surface area contributed by atoms with Crippen molar-refractivity contribution in [2.75, 3.05) is 11.1 Å². The van der Waals surface area contributed by atoms with Crippen LogP contribution in [0.15, 0.2) is 29.6 Å². The maximum Gasteiger partial charge on any atom is 0.225 e. The first-order valence-electron chi connectivity index (χ1n) is 6.66. The van der Waals surface area contributed by atoms with Gasteiger partial charge in [0.15, 0.2) is 0 Å². The molecule has 0 aliphatic rings. The average Bonchev–Trinajstić information content (AvgIpc) is 2.90. The maximum atomic E-state index is 11.8. The quantitative estimate of drug-likeness (QED) is 0.769. The standard InChI is InChI=1S/C15H18N2O2S2/c1-11-16-14(10-21-11)9-20-7-6-15(19)17-13-4-2-12(8-18)3-5-13/h2-5,10,18H,6-9H2,1H3,(H,17,19). The summed E-state index contributed by atoms with van der Waals surface area (Å²) in [5.41, 5.74) is 2.68. The molecular formula is C15H18N2O2S2. The highest BCUT2D eigenvalue weighted by molar-refractivity contribution is 7.98. The lowest BCUT2D eigenvalue weighted by molar-refractivity contribution is -0.115. The number of carbonyl (C=O) groups is 1. The third-order valence-electron chi connectivity index (χ3n) is 2.81. The van der Waals surface area contributed by atoms with Crippen molar-refractivity contribution in [3.8, 4) is 0 Å². The van der Waals surface area contributed by atoms with Crippen molar-refractivity contribution in [3.63, 3.8) is 0 Å². The number of anilines is 1. The zero-order chi connectivity index (χ0) is 15.1. The fourth-order valence-electron chi connectivity index (χ4n) is 1.73. The Bertz CT molecular complexity index is 582. The molecule has 2 N–H and O–H groups in total. The van der Waals surface area contributed by atoms with Gasteiger partial charge in [0.2, 0.25) is 5.91 Å². The predicted molar refractivity (Wildman–Crippen MR) is 88.6 cm³/mol. The lowest BCUT2D eigenvalue weighted by atomic mass is 10.2. The van der Waals surface area contributed by atoms with Gasteiger partial charge in [-0.2, -0.15) is 11.8 Å². The summed E-state index contributed by atoms with van der Waals surface area (Å²) in [6, 6.07) is 7.20. The topological polar surface area (TPSA) is 62.2 Å². The molecule has 0 radical (unpaired) electrons. The van der Waals surface area contributed by atoms with Gasteiger partial charge in [0, 0.05) is 29.0 Å². The SMILES string of the molecule is Cc1nc(CSCCC(=O)Nc2ccc(CO)cc2)cs1. The molecule has 0 aliphatic carbocycles. The molecule has 0 atom stereocenters. The smallest absolute Gasteiger partial charge is 0.225 e. The number of aryl methyl sites for hydroxylation is 1. The van der Waals surface area contributed by atoms with Crippen LogP contribution < -0.4 is 5.32 Å². The highest BCUT2D eigenvalue weighted by Crippen LogP contribution is 2.16. The molecule has 2 rings (SSSR count). The van der Waals surface area contributed by atoms with Crippen LogP contribution in [0.3, 0.4) is 0 Å². The lowest BCUT2D eigenvalue weighted by Gasteiger charge is -2.05. The third kappa shape index (κ3) is 5.49. The summed E-state index contributed by atoms with van der Waals surface area (Å²) in [7, 11) is 0. The second kappa shape index (κ2) is 8.17. The van der Waals surface area contributed by atoms with E-state index in [-0.39, 0.29) is 12.5 Å². The Morgan fingerprint density at radius 3 is 2.76 bits per heavy atom. The molecule has 4 nitrogen and oxygen atoms in total. The number of thioether (sulfide) groups is 1. The van der Waals surface area contributed by atoms with E-state index in [1.165, 1.54) is 0 Å². The van der Waals surface area contributed by atoms with Crippen molar-refractivity contribution in [1.82, 2.24) is 4.98 Å². The van der Waals surface area contributed by atoms with Crippen LogP contribution in [0.4, 0.5) is 5.69 Å². The number of nitrogens with zero attached hydrogens (tertiary/aromatic N) is 1. The van der Waals surface area contributed by atoms with Crippen molar-refractivity contribution >= 4 is 34.7 Å². The molecule has 2 aromatic rings. The summed E-state index contributed by atoms with van der Waals surface area (Å²) in [6.45, 7) is 2.01. The number of aliphatic hydroxyl groups is 1. The number of thiazole rings is 1. The number of benzene rings is 1. The highest BCUT2D eigenvalue weighted by atomic mass is 32.2. The number of hydrogen-bond acceptors (Lipinski definition) is 5. The van der Waals surface area contributed by atoms with Gasteiger partial charge in [-0.15, -0.1) is 11.3 Å². The summed E-state index contributed by atoms with van der Waals surface area (Å²) >= 11 is 3.37. The molecule has 0 fully saturated rings. The van der Waals surface area contributed by atoms with E-state index in [1.54, 1.807) is 47.4 Å². The molecule has 0 aliphatic heterocycles. The minimum absolute atomic E-state index is 0.00806. The molecule has 21 heavy (non-hydrogen) atoms. The fraction of sp³-hybridized carbons (Fsp3) is 0.333. The number of hydrogen-bond donors (Lipinski definition) is 2. The molecule has 0 spiro atoms. The molecule has 1 aromatic heterocycles. The summed E-state index contributed by atoms with van der Waals surface area (Å²) < 4.78 is 0. The predicted octanol–water partition coefficient (Wildman–Crippen LogP) is 3.21. The van der Waals surface area contributed by atoms with Gasteiger partial charge in [-0.05, 0) is 24.6 Å². The molecule has 1 amide bonds. The summed E-state index contributed by atoms with van der Waals surface area (Å²) in [5, 5.41) is 14.9. The van der Waals surface area contributed by atoms with E-state index in [0.717, 1.165) is 33.5 Å². The average molecular weight is 322 g/mol. The van der Waals surface area contributed by atoms with Crippen LogP contribution in [0.1, 0.15) is 22.7 Å². The fourth-order valence-corrected chi connectivity index (χ4v) is 3.28. The Hall–Kier alpha value is -1.37. The van der Waals surface area contributed by atoms with Crippen molar-refractivity contribution in [3.05, 3.63) is 45.9 Å². The number of nitrogens with one attached hydrogen (secondary N) is 1. The molecule has 0 unspecified atom stereocenters. The van der Waals surface area contributed by atoms with Crippen molar-refractivity contribution in [2.24, 2.45) is 0 Å². The summed E-state index contributed by atoms with van der Waals surface area (Å²) in [5.74, 6) is 1.63. The van der Waals surface area contributed by atoms with Crippen molar-refractivity contribution in [2.45, 2.75) is 25.7 Å². The first kappa shape index (κ1) is 16.0. The first-order chi connectivity index (χ1) is 10.2. The summed E-state index contributed by atoms with van der Waals surface area (Å²) in [4.78, 5) is 16.2. The maximum absolute atomic E-state index is 11.8. The van der Waals surface area contributed by atoms with Crippen molar-refractivity contribution < 1.29 is 9.90 Å². The Labute approximate surface area is 132 Å². The van der Waals surface area contributed by atoms with Crippen LogP contribution >= 0.6 is 23.1 Å². The van der Waals surface area contributed by atoms with Gasteiger partial charge in [-0.25, -0.2) is 4.98 Å². The van der Waals surface area contributed by atoms with Gasteiger partial charge in [-0.1, -0.05) is 12.1 Å². The molecule has 0 saturated carbocycles. The number of aromatic nitrogens is 1. The Morgan fingerprint density at radius 1 is 1.38 bits per heavy atom. The molecule has 6 heteroatoms. The third-order valence-corrected chi connectivity index (χ3v) is 4.63. The van der Waals surface area contributed by atoms with Crippen LogP contribution in [0.2, 0.25) is 0 Å². The van der Waals surface area contributed by atoms with E-state index in [2.05, 4.69) is 15.7 Å². The normalized spacial score (nSPS) is 10.6. The molecule has 0 saturated heterocycles. The van der Waals surface area contributed by atoms with Crippen LogP contribution in [0.5, 0.6) is 0 Å². The van der Waals surface area contributed by atoms with E-state index in [1.807, 2.05) is 6.92 Å². The number of aliphatic hydroxyl groups excluding tert-OH is 1. The van der Waals surface area contributed by atoms with Crippen LogP contribution in [-0.2, 0) is 17.2 Å². The molecule has 0 bridgehead atoms. The zero-order valence-electron chi connectivity index (χ0n) is 11.8. The van der Waals surface area contributed by atoms with E-state index in [9.17, 15) is 4.79 Å². The van der Waals surface area contributed by atoms with Gasteiger partial charge in [0.25, 0.3) is 0 Å². The first-order valence-corrected chi connectivity index (χ1v) is 8.69. The van der Waals surface area contributed by atoms with Crippen LogP contribution in [-0.4, -0.2) is 21.8 Å². The Morgan fingerprint density at radius 2 is 2.14 bits per heavy atom.